The summed E-state index contributed by atoms with van der Waals surface area (Å²) >= 11 is 0. The van der Waals surface area contributed by atoms with Crippen molar-refractivity contribution in [3.8, 4) is 11.5 Å². The monoisotopic (exact) mass is 450 g/mol. The van der Waals surface area contributed by atoms with E-state index in [4.69, 9.17) is 9.57 Å². The number of ether oxygens (including phenoxy) is 1. The van der Waals surface area contributed by atoms with Crippen molar-refractivity contribution >= 4 is 5.69 Å². The van der Waals surface area contributed by atoms with Gasteiger partial charge in [-0.3, -0.25) is 20.4 Å². The summed E-state index contributed by atoms with van der Waals surface area (Å²) in [5.41, 5.74) is 8.00. The summed E-state index contributed by atoms with van der Waals surface area (Å²) < 4.78 is 5.39. The molecule has 5 rings (SSSR count). The molecule has 174 valence electrons. The van der Waals surface area contributed by atoms with Crippen LogP contribution < -0.4 is 10.2 Å². The van der Waals surface area contributed by atoms with Gasteiger partial charge in [-0.1, -0.05) is 13.0 Å². The average Bonchev–Trinajstić information content (AvgIpc) is 3.15. The molecule has 3 aliphatic carbocycles. The lowest BCUT2D eigenvalue weighted by Crippen LogP contribution is -2.43. The summed E-state index contributed by atoms with van der Waals surface area (Å²) in [6, 6.07) is 10.4. The second-order valence-electron chi connectivity index (χ2n) is 9.76. The third-order valence-corrected chi connectivity index (χ3v) is 8.17. The first-order valence-corrected chi connectivity index (χ1v) is 11.6. The zero-order valence-corrected chi connectivity index (χ0v) is 19.0. The minimum Gasteiger partial charge on any atom is -0.504 e. The highest BCUT2D eigenvalue weighted by Crippen LogP contribution is 2.61. The van der Waals surface area contributed by atoms with Gasteiger partial charge in [0.2, 0.25) is 0 Å². The molecule has 0 aliphatic heterocycles. The number of non-ortho nitro benzene ring substituents is 1. The maximum Gasteiger partial charge on any atom is 0.269 e. The van der Waals surface area contributed by atoms with E-state index >= 15 is 0 Å². The van der Waals surface area contributed by atoms with Gasteiger partial charge in [0.15, 0.2) is 11.5 Å². The number of aryl methyl sites for hydroxylation is 1. The van der Waals surface area contributed by atoms with Crippen LogP contribution in [-0.2, 0) is 17.9 Å². The van der Waals surface area contributed by atoms with E-state index in [1.807, 2.05) is 6.07 Å². The fraction of sp³-hybridized carbons (Fsp3) is 0.462. The number of aromatic hydroxyl groups is 1. The van der Waals surface area contributed by atoms with Crippen LogP contribution in [0.15, 0.2) is 48.2 Å². The Morgan fingerprint density at radius 1 is 1.24 bits per heavy atom. The molecule has 33 heavy (non-hydrogen) atoms. The van der Waals surface area contributed by atoms with Crippen molar-refractivity contribution in [2.45, 2.75) is 51.6 Å². The highest BCUT2D eigenvalue weighted by molar-refractivity contribution is 5.49. The number of hydrogen-bond acceptors (Lipinski definition) is 6. The summed E-state index contributed by atoms with van der Waals surface area (Å²) in [6.45, 7) is 2.70. The van der Waals surface area contributed by atoms with Gasteiger partial charge in [0, 0.05) is 23.2 Å². The van der Waals surface area contributed by atoms with Gasteiger partial charge in [-0.2, -0.15) is 0 Å². The smallest absolute Gasteiger partial charge is 0.269 e. The van der Waals surface area contributed by atoms with E-state index in [0.29, 0.717) is 30.1 Å². The number of methoxy groups -OCH3 is 1. The Balaban J connectivity index is 1.26. The maximum atomic E-state index is 10.8. The number of nitrogens with zero attached hydrogens (tertiary/aromatic N) is 1. The molecule has 0 unspecified atom stereocenters. The summed E-state index contributed by atoms with van der Waals surface area (Å²) in [7, 11) is 1.61. The van der Waals surface area contributed by atoms with Crippen molar-refractivity contribution in [2.24, 2.45) is 17.3 Å². The second kappa shape index (κ2) is 8.37. The first-order valence-electron chi connectivity index (χ1n) is 11.6. The molecule has 2 aromatic carbocycles. The molecule has 0 bridgehead atoms. The lowest BCUT2D eigenvalue weighted by atomic mass is 9.55. The summed E-state index contributed by atoms with van der Waals surface area (Å²) in [6.07, 6.45) is 7.61. The highest BCUT2D eigenvalue weighted by Gasteiger charge is 2.52. The number of nitro benzene ring substituents is 1. The van der Waals surface area contributed by atoms with Crippen LogP contribution in [0.1, 0.15) is 55.2 Å². The van der Waals surface area contributed by atoms with Gasteiger partial charge in [-0.25, -0.2) is 0 Å². The van der Waals surface area contributed by atoms with E-state index in [-0.39, 0.29) is 16.9 Å². The molecular weight excluding hydrogens is 420 g/mol. The SMILES string of the molecule is COc1cc2c(cc1O)CC[C@@H]1[C@@H]2CC[C@]2(C)C(NOCc3ccc([N+](=O)[O-])cc3)=CC[C@@H]12. The topological polar surface area (TPSA) is 93.9 Å². The fourth-order valence-corrected chi connectivity index (χ4v) is 6.39. The lowest BCUT2D eigenvalue weighted by Gasteiger charge is -2.50. The van der Waals surface area contributed by atoms with E-state index in [1.54, 1.807) is 19.2 Å². The van der Waals surface area contributed by atoms with Gasteiger partial charge in [0.1, 0.15) is 0 Å². The van der Waals surface area contributed by atoms with E-state index in [1.165, 1.54) is 23.3 Å². The van der Waals surface area contributed by atoms with Crippen LogP contribution in [0.25, 0.3) is 0 Å². The number of allylic oxidation sites excluding steroid dienone is 2. The van der Waals surface area contributed by atoms with Crippen LogP contribution in [-0.4, -0.2) is 17.1 Å². The Labute approximate surface area is 193 Å². The molecule has 0 saturated heterocycles. The molecular formula is C26H30N2O5. The van der Waals surface area contributed by atoms with Crippen molar-refractivity contribution in [1.29, 1.82) is 0 Å². The molecule has 2 aromatic rings. The zero-order chi connectivity index (χ0) is 23.2. The lowest BCUT2D eigenvalue weighted by molar-refractivity contribution is -0.384. The van der Waals surface area contributed by atoms with E-state index in [9.17, 15) is 15.2 Å². The third kappa shape index (κ3) is 3.74. The molecule has 0 spiro atoms. The van der Waals surface area contributed by atoms with E-state index in [2.05, 4.69) is 24.5 Å². The van der Waals surface area contributed by atoms with Gasteiger partial charge in [-0.05, 0) is 90.8 Å². The number of fused-ring (bicyclic) bond motifs is 5. The third-order valence-electron chi connectivity index (χ3n) is 8.17. The number of rotatable bonds is 6. The number of benzene rings is 2. The minimum absolute atomic E-state index is 0.0507. The van der Waals surface area contributed by atoms with E-state index in [0.717, 1.165) is 43.4 Å². The number of hydroxylamine groups is 1. The van der Waals surface area contributed by atoms with Gasteiger partial charge in [0.25, 0.3) is 5.69 Å². The Hall–Kier alpha value is -3.06. The van der Waals surface area contributed by atoms with Crippen LogP contribution >= 0.6 is 0 Å². The molecule has 0 heterocycles. The molecule has 0 aromatic heterocycles. The zero-order valence-electron chi connectivity index (χ0n) is 19.0. The van der Waals surface area contributed by atoms with Gasteiger partial charge in [-0.15, -0.1) is 0 Å². The molecule has 1 saturated carbocycles. The van der Waals surface area contributed by atoms with Crippen molar-refractivity contribution in [3.05, 3.63) is 75.0 Å². The second-order valence-corrected chi connectivity index (χ2v) is 9.76. The van der Waals surface area contributed by atoms with Crippen LogP contribution in [0.4, 0.5) is 5.69 Å². The number of nitrogens with one attached hydrogen (secondary N) is 1. The van der Waals surface area contributed by atoms with Crippen LogP contribution in [0.3, 0.4) is 0 Å². The van der Waals surface area contributed by atoms with Crippen LogP contribution in [0.2, 0.25) is 0 Å². The molecule has 7 nitrogen and oxygen atoms in total. The first kappa shape index (κ1) is 21.8. The molecule has 2 N–H and O–H groups in total. The Bertz CT molecular complexity index is 1100. The number of phenolic OH excluding ortho intramolecular Hbond substituents is 1. The molecule has 0 radical (unpaired) electrons. The van der Waals surface area contributed by atoms with Crippen LogP contribution in [0.5, 0.6) is 11.5 Å². The summed E-state index contributed by atoms with van der Waals surface area (Å²) in [5, 5.41) is 21.0. The van der Waals surface area contributed by atoms with Gasteiger partial charge < -0.3 is 9.84 Å². The van der Waals surface area contributed by atoms with Gasteiger partial charge in [0.05, 0.1) is 18.6 Å². The van der Waals surface area contributed by atoms with Crippen molar-refractivity contribution in [1.82, 2.24) is 5.48 Å². The molecule has 4 atom stereocenters. The molecule has 3 aliphatic rings. The van der Waals surface area contributed by atoms with Crippen molar-refractivity contribution in [3.63, 3.8) is 0 Å². The predicted molar refractivity (Wildman–Crippen MR) is 124 cm³/mol. The average molecular weight is 451 g/mol. The summed E-state index contributed by atoms with van der Waals surface area (Å²) in [5.74, 6) is 2.43. The fourth-order valence-electron chi connectivity index (χ4n) is 6.39. The molecule has 0 amide bonds. The Morgan fingerprint density at radius 2 is 2.03 bits per heavy atom. The molecule has 7 heteroatoms. The number of nitro groups is 1. The minimum atomic E-state index is -0.397. The number of hydrogen-bond donors (Lipinski definition) is 2. The quantitative estimate of drug-likeness (QED) is 0.453. The molecule has 1 fully saturated rings. The predicted octanol–water partition coefficient (Wildman–Crippen LogP) is 5.38. The standard InChI is InChI=1S/C26H30N2O5/c1-26-12-11-19-20(8-5-17-13-23(29)24(32-2)14-21(17)19)22(26)9-10-25(26)27-33-15-16-3-6-18(7-4-16)28(30)31/h3-4,6-7,10,13-14,19-20,22,27,29H,5,8-9,11-12,15H2,1-2H3/t19-,20+,22-,26-/m0/s1. The largest absolute Gasteiger partial charge is 0.504 e. The van der Waals surface area contributed by atoms with Gasteiger partial charge >= 0.3 is 0 Å². The Kier molecular flexibility index (Phi) is 5.52. The first-order chi connectivity index (χ1) is 15.9. The normalized spacial score (nSPS) is 27.7. The number of phenols is 1. The van der Waals surface area contributed by atoms with E-state index < -0.39 is 4.92 Å². The van der Waals surface area contributed by atoms with Crippen LogP contribution in [0, 0.1) is 27.4 Å². The van der Waals surface area contributed by atoms with Crippen molar-refractivity contribution in [2.75, 3.05) is 7.11 Å². The maximum absolute atomic E-state index is 10.8. The summed E-state index contributed by atoms with van der Waals surface area (Å²) in [4.78, 5) is 16.2. The highest BCUT2D eigenvalue weighted by atomic mass is 16.6. The Morgan fingerprint density at radius 3 is 2.76 bits per heavy atom. The van der Waals surface area contributed by atoms with Crippen molar-refractivity contribution < 1.29 is 19.6 Å².